The molecule has 0 saturated carbocycles. The lowest BCUT2D eigenvalue weighted by Crippen LogP contribution is -2.37. The van der Waals surface area contributed by atoms with Gasteiger partial charge in [0.25, 0.3) is 0 Å². The standard InChI is InChI=1S/C22H22F3N7O2/c1-21(2,34)15-10-32-18(19(26)28-11-29-32)17(15)12-3-5-14(6-4-12)30-20(33)31-16-9-13(7-8-27-16)22(23,24)25/h3-5,7-11,14,34H,6H2,1-2H3,(H2,26,28,29)(H2,27,30,31,33). The number of aromatic nitrogens is 4. The highest BCUT2D eigenvalue weighted by atomic mass is 19.4. The second-order valence-electron chi connectivity index (χ2n) is 8.30. The maximum Gasteiger partial charge on any atom is 0.416 e. The third kappa shape index (κ3) is 4.71. The predicted octanol–water partition coefficient (Wildman–Crippen LogP) is 3.49. The molecule has 178 valence electrons. The fraction of sp³-hybridized carbons (Fsp3) is 0.273. The summed E-state index contributed by atoms with van der Waals surface area (Å²) >= 11 is 0. The van der Waals surface area contributed by atoms with Crippen molar-refractivity contribution in [3.63, 3.8) is 0 Å². The van der Waals surface area contributed by atoms with Crippen LogP contribution in [0.4, 0.5) is 29.6 Å². The van der Waals surface area contributed by atoms with E-state index in [1.807, 2.05) is 6.08 Å². The number of urea groups is 1. The van der Waals surface area contributed by atoms with E-state index < -0.39 is 29.4 Å². The number of amides is 2. The fourth-order valence-corrected chi connectivity index (χ4v) is 3.70. The van der Waals surface area contributed by atoms with E-state index >= 15 is 0 Å². The summed E-state index contributed by atoms with van der Waals surface area (Å²) in [5.41, 5.74) is 6.59. The number of carbonyl (C=O) groups is 1. The number of halogens is 3. The summed E-state index contributed by atoms with van der Waals surface area (Å²) in [5.74, 6) is 0.0388. The Labute approximate surface area is 192 Å². The first-order valence-corrected chi connectivity index (χ1v) is 10.3. The molecule has 0 radical (unpaired) electrons. The van der Waals surface area contributed by atoms with Crippen LogP contribution in [-0.4, -0.2) is 36.8 Å². The Balaban J connectivity index is 1.50. The van der Waals surface area contributed by atoms with E-state index in [4.69, 9.17) is 5.73 Å². The number of pyridine rings is 1. The Morgan fingerprint density at radius 2 is 2.06 bits per heavy atom. The van der Waals surface area contributed by atoms with Gasteiger partial charge in [0.15, 0.2) is 5.82 Å². The van der Waals surface area contributed by atoms with Crippen molar-refractivity contribution in [2.45, 2.75) is 38.1 Å². The molecule has 0 aromatic carbocycles. The van der Waals surface area contributed by atoms with Crippen LogP contribution in [-0.2, 0) is 11.8 Å². The fourth-order valence-electron chi connectivity index (χ4n) is 3.70. The molecule has 3 aromatic heterocycles. The number of nitrogen functional groups attached to an aromatic ring is 1. The van der Waals surface area contributed by atoms with Crippen molar-refractivity contribution in [3.8, 4) is 0 Å². The third-order valence-corrected chi connectivity index (χ3v) is 5.30. The maximum absolute atomic E-state index is 12.9. The zero-order valence-electron chi connectivity index (χ0n) is 18.3. The molecule has 0 spiro atoms. The van der Waals surface area contributed by atoms with Crippen molar-refractivity contribution in [2.24, 2.45) is 0 Å². The minimum atomic E-state index is -4.54. The van der Waals surface area contributed by atoms with Crippen LogP contribution in [0.3, 0.4) is 0 Å². The topological polar surface area (TPSA) is 130 Å². The zero-order valence-corrected chi connectivity index (χ0v) is 18.3. The van der Waals surface area contributed by atoms with E-state index in [-0.39, 0.29) is 11.6 Å². The number of hydrogen-bond acceptors (Lipinski definition) is 6. The van der Waals surface area contributed by atoms with E-state index in [1.54, 1.807) is 36.7 Å². The number of aliphatic hydroxyl groups is 1. The number of allylic oxidation sites excluding steroid dienone is 2. The Bertz CT molecular complexity index is 1310. The maximum atomic E-state index is 12.9. The van der Waals surface area contributed by atoms with Crippen LogP contribution in [0, 0.1) is 0 Å². The van der Waals surface area contributed by atoms with Crippen molar-refractivity contribution in [1.29, 1.82) is 0 Å². The molecule has 3 heterocycles. The van der Waals surface area contributed by atoms with E-state index in [1.165, 1.54) is 6.33 Å². The molecular weight excluding hydrogens is 451 g/mol. The number of rotatable bonds is 4. The van der Waals surface area contributed by atoms with Gasteiger partial charge in [-0.1, -0.05) is 18.2 Å². The van der Waals surface area contributed by atoms with Gasteiger partial charge in [0, 0.05) is 23.5 Å². The molecule has 1 unspecified atom stereocenters. The van der Waals surface area contributed by atoms with Crippen LogP contribution in [0.15, 0.2) is 49.1 Å². The van der Waals surface area contributed by atoms with Crippen molar-refractivity contribution in [2.75, 3.05) is 11.1 Å². The molecule has 0 fully saturated rings. The molecule has 0 aliphatic heterocycles. The van der Waals surface area contributed by atoms with Crippen LogP contribution in [0.25, 0.3) is 11.1 Å². The van der Waals surface area contributed by atoms with Gasteiger partial charge in [0.1, 0.15) is 17.7 Å². The monoisotopic (exact) mass is 473 g/mol. The average molecular weight is 473 g/mol. The zero-order chi connectivity index (χ0) is 24.7. The first-order chi connectivity index (χ1) is 15.9. The molecule has 9 nitrogen and oxygen atoms in total. The SMILES string of the molecule is CC(C)(O)c1cn2ncnc(N)c2c1C1=CCC(NC(=O)Nc2cc(C(F)(F)F)ccn2)C=C1. The Morgan fingerprint density at radius 1 is 1.29 bits per heavy atom. The van der Waals surface area contributed by atoms with Gasteiger partial charge in [-0.2, -0.15) is 18.3 Å². The minimum absolute atomic E-state index is 0.214. The molecule has 12 heteroatoms. The smallest absolute Gasteiger partial charge is 0.386 e. The number of nitrogens with zero attached hydrogens (tertiary/aromatic N) is 4. The molecule has 0 bridgehead atoms. The molecule has 4 rings (SSSR count). The molecular formula is C22H22F3N7O2. The number of carbonyl (C=O) groups excluding carboxylic acids is 1. The molecule has 1 aliphatic rings. The minimum Gasteiger partial charge on any atom is -0.386 e. The molecule has 2 amide bonds. The number of hydrogen-bond donors (Lipinski definition) is 4. The molecule has 0 saturated heterocycles. The van der Waals surface area contributed by atoms with Gasteiger partial charge in [-0.05, 0) is 38.0 Å². The molecule has 34 heavy (non-hydrogen) atoms. The molecule has 5 N–H and O–H groups in total. The summed E-state index contributed by atoms with van der Waals surface area (Å²) in [4.78, 5) is 20.1. The molecule has 3 aromatic rings. The van der Waals surface area contributed by atoms with Crippen molar-refractivity contribution < 1.29 is 23.1 Å². The summed E-state index contributed by atoms with van der Waals surface area (Å²) in [5, 5.41) is 19.8. The number of nitrogens with one attached hydrogen (secondary N) is 2. The second-order valence-corrected chi connectivity index (χ2v) is 8.30. The van der Waals surface area contributed by atoms with Gasteiger partial charge in [-0.3, -0.25) is 5.32 Å². The highest BCUT2D eigenvalue weighted by molar-refractivity contribution is 5.92. The summed E-state index contributed by atoms with van der Waals surface area (Å²) < 4.78 is 40.1. The number of anilines is 2. The van der Waals surface area contributed by atoms with Gasteiger partial charge in [0.05, 0.1) is 17.2 Å². The van der Waals surface area contributed by atoms with Crippen molar-refractivity contribution in [1.82, 2.24) is 24.9 Å². The summed E-state index contributed by atoms with van der Waals surface area (Å²) in [6.45, 7) is 3.30. The Morgan fingerprint density at radius 3 is 2.71 bits per heavy atom. The highest BCUT2D eigenvalue weighted by Gasteiger charge is 2.31. The van der Waals surface area contributed by atoms with Crippen molar-refractivity contribution in [3.05, 3.63) is 65.8 Å². The second kappa shape index (κ2) is 8.45. The van der Waals surface area contributed by atoms with Crippen LogP contribution in [0.5, 0.6) is 0 Å². The lowest BCUT2D eigenvalue weighted by molar-refractivity contribution is -0.137. The van der Waals surface area contributed by atoms with Gasteiger partial charge in [0.2, 0.25) is 0 Å². The Hall–Kier alpha value is -3.93. The summed E-state index contributed by atoms with van der Waals surface area (Å²) in [6, 6.07) is 0.479. The van der Waals surface area contributed by atoms with Crippen LogP contribution in [0.2, 0.25) is 0 Å². The van der Waals surface area contributed by atoms with E-state index in [9.17, 15) is 23.1 Å². The Kier molecular flexibility index (Phi) is 5.77. The van der Waals surface area contributed by atoms with Crippen LogP contribution in [0.1, 0.15) is 37.0 Å². The van der Waals surface area contributed by atoms with E-state index in [2.05, 4.69) is 25.7 Å². The molecule has 1 atom stereocenters. The van der Waals surface area contributed by atoms with E-state index in [0.29, 0.717) is 23.1 Å². The number of fused-ring (bicyclic) bond motifs is 1. The van der Waals surface area contributed by atoms with Crippen molar-refractivity contribution >= 4 is 28.8 Å². The average Bonchev–Trinajstić information content (AvgIpc) is 3.15. The normalized spacial score (nSPS) is 16.4. The third-order valence-electron chi connectivity index (χ3n) is 5.30. The first-order valence-electron chi connectivity index (χ1n) is 10.3. The number of alkyl halides is 3. The van der Waals surface area contributed by atoms with Gasteiger partial charge in [-0.15, -0.1) is 0 Å². The molecule has 1 aliphatic carbocycles. The van der Waals surface area contributed by atoms with Gasteiger partial charge < -0.3 is 16.2 Å². The summed E-state index contributed by atoms with van der Waals surface area (Å²) in [7, 11) is 0. The van der Waals surface area contributed by atoms with Gasteiger partial charge in [-0.25, -0.2) is 19.3 Å². The lowest BCUT2D eigenvalue weighted by Gasteiger charge is -2.22. The van der Waals surface area contributed by atoms with E-state index in [0.717, 1.165) is 23.9 Å². The predicted molar refractivity (Wildman–Crippen MR) is 120 cm³/mol. The van der Waals surface area contributed by atoms with Crippen LogP contribution >= 0.6 is 0 Å². The lowest BCUT2D eigenvalue weighted by atomic mass is 9.89. The quantitative estimate of drug-likeness (QED) is 0.459. The largest absolute Gasteiger partial charge is 0.416 e. The first kappa shape index (κ1) is 23.2. The van der Waals surface area contributed by atoms with Gasteiger partial charge >= 0.3 is 12.2 Å². The van der Waals surface area contributed by atoms with Crippen LogP contribution < -0.4 is 16.4 Å². The number of nitrogens with two attached hydrogens (primary N) is 1. The highest BCUT2D eigenvalue weighted by Crippen LogP contribution is 2.37. The summed E-state index contributed by atoms with van der Waals surface area (Å²) in [6.07, 6.45) is 5.23.